The average molecular weight is 545 g/mol. The summed E-state index contributed by atoms with van der Waals surface area (Å²) in [5.41, 5.74) is 4.38. The van der Waals surface area contributed by atoms with Gasteiger partial charge in [0.1, 0.15) is 17.0 Å². The Kier molecular flexibility index (Phi) is 7.36. The molecular weight excluding hydrogens is 516 g/mol. The van der Waals surface area contributed by atoms with Gasteiger partial charge in [0, 0.05) is 17.4 Å². The van der Waals surface area contributed by atoms with Crippen LogP contribution in [0.25, 0.3) is 33.3 Å². The van der Waals surface area contributed by atoms with Crippen LogP contribution < -0.4 is 9.46 Å². The Labute approximate surface area is 226 Å². The molecule has 0 radical (unpaired) electrons. The fourth-order valence-electron chi connectivity index (χ4n) is 4.57. The predicted octanol–water partition coefficient (Wildman–Crippen LogP) is 4.94. The summed E-state index contributed by atoms with van der Waals surface area (Å²) in [5.74, 6) is -0.544. The minimum absolute atomic E-state index is 0.0785. The zero-order chi connectivity index (χ0) is 27.6. The number of benzene rings is 3. The maximum Gasteiger partial charge on any atom is 0.265 e. The molecule has 39 heavy (non-hydrogen) atoms. The van der Waals surface area contributed by atoms with Gasteiger partial charge in [0.2, 0.25) is 10.0 Å². The number of ether oxygens (including phenoxy) is 1. The van der Waals surface area contributed by atoms with Crippen LogP contribution in [0, 0.1) is 13.8 Å². The molecule has 5 rings (SSSR count). The summed E-state index contributed by atoms with van der Waals surface area (Å²) in [4.78, 5) is 18.3. The lowest BCUT2D eigenvalue weighted by Crippen LogP contribution is -2.33. The fourth-order valence-corrected chi connectivity index (χ4v) is 5.30. The fraction of sp³-hybridized carbons (Fsp3) is 0.200. The number of nitrogens with one attached hydrogen (secondary N) is 1. The smallest absolute Gasteiger partial charge is 0.265 e. The number of amides is 1. The number of rotatable bonds is 9. The third-order valence-corrected chi connectivity index (χ3v) is 7.76. The number of nitrogens with zero attached hydrogens (tertiary/aromatic N) is 1. The maximum absolute atomic E-state index is 13.5. The Morgan fingerprint density at radius 2 is 1.77 bits per heavy atom. The molecule has 0 atom stereocenters. The Balaban J connectivity index is 1.64. The monoisotopic (exact) mass is 544 g/mol. The second kappa shape index (κ2) is 10.9. The van der Waals surface area contributed by atoms with Gasteiger partial charge in [-0.3, -0.25) is 4.79 Å². The number of aliphatic hydroxyl groups excluding tert-OH is 1. The maximum atomic E-state index is 13.5. The number of fused-ring (bicyclic) bond motifs is 2. The quantitative estimate of drug-likeness (QED) is 0.270. The zero-order valence-electron chi connectivity index (χ0n) is 21.6. The minimum atomic E-state index is -4.06. The predicted molar refractivity (Wildman–Crippen MR) is 150 cm³/mol. The number of para-hydroxylation sites is 1. The van der Waals surface area contributed by atoms with Gasteiger partial charge in [0.25, 0.3) is 5.91 Å². The molecular formula is C30H28N2O6S. The lowest BCUT2D eigenvalue weighted by Gasteiger charge is -2.16. The largest absolute Gasteiger partial charge is 0.493 e. The SMILES string of the molecule is Cc1c(-c2cc(C(=O)NS(=O)(=O)CCO)c3c(OCCc4ccccc4)ccc(C)c3n2)oc2ccccc12. The van der Waals surface area contributed by atoms with Crippen molar-refractivity contribution in [1.29, 1.82) is 0 Å². The van der Waals surface area contributed by atoms with E-state index in [0.717, 1.165) is 22.1 Å². The summed E-state index contributed by atoms with van der Waals surface area (Å²) in [6.45, 7) is 3.50. The highest BCUT2D eigenvalue weighted by molar-refractivity contribution is 7.90. The van der Waals surface area contributed by atoms with Gasteiger partial charge < -0.3 is 14.3 Å². The van der Waals surface area contributed by atoms with E-state index in [9.17, 15) is 13.2 Å². The van der Waals surface area contributed by atoms with E-state index in [1.54, 1.807) is 6.07 Å². The van der Waals surface area contributed by atoms with Gasteiger partial charge in [0.05, 0.1) is 35.4 Å². The van der Waals surface area contributed by atoms with E-state index in [1.165, 1.54) is 6.07 Å². The number of hydrogen-bond acceptors (Lipinski definition) is 7. The first-order valence-electron chi connectivity index (χ1n) is 12.5. The number of aromatic nitrogens is 1. The van der Waals surface area contributed by atoms with E-state index in [1.807, 2.05) is 74.5 Å². The lowest BCUT2D eigenvalue weighted by molar-refractivity contribution is 0.0982. The van der Waals surface area contributed by atoms with Gasteiger partial charge in [-0.2, -0.15) is 0 Å². The number of aliphatic hydroxyl groups is 1. The highest BCUT2D eigenvalue weighted by Gasteiger charge is 2.24. The van der Waals surface area contributed by atoms with E-state index in [2.05, 4.69) is 4.72 Å². The molecule has 5 aromatic rings. The Morgan fingerprint density at radius 3 is 2.51 bits per heavy atom. The molecule has 200 valence electrons. The molecule has 9 heteroatoms. The van der Waals surface area contributed by atoms with Crippen LogP contribution in [0.5, 0.6) is 5.75 Å². The number of aryl methyl sites for hydroxylation is 2. The molecule has 0 unspecified atom stereocenters. The van der Waals surface area contributed by atoms with Crippen LogP contribution in [-0.4, -0.2) is 43.4 Å². The van der Waals surface area contributed by atoms with Crippen LogP contribution in [0.3, 0.4) is 0 Å². The van der Waals surface area contributed by atoms with Crippen molar-refractivity contribution in [2.75, 3.05) is 19.0 Å². The molecule has 2 N–H and O–H groups in total. The normalized spacial score (nSPS) is 11.7. The minimum Gasteiger partial charge on any atom is -0.493 e. The van der Waals surface area contributed by atoms with Crippen LogP contribution >= 0.6 is 0 Å². The molecule has 3 aromatic carbocycles. The van der Waals surface area contributed by atoms with Crippen molar-refractivity contribution >= 4 is 37.8 Å². The van der Waals surface area contributed by atoms with Crippen molar-refractivity contribution in [1.82, 2.24) is 9.71 Å². The zero-order valence-corrected chi connectivity index (χ0v) is 22.4. The molecule has 0 bridgehead atoms. The molecule has 2 heterocycles. The topological polar surface area (TPSA) is 119 Å². The average Bonchev–Trinajstić information content (AvgIpc) is 3.26. The lowest BCUT2D eigenvalue weighted by atomic mass is 10.0. The molecule has 0 spiro atoms. The first-order valence-corrected chi connectivity index (χ1v) is 14.2. The summed E-state index contributed by atoms with van der Waals surface area (Å²) in [6.07, 6.45) is 0.645. The van der Waals surface area contributed by atoms with E-state index in [4.69, 9.17) is 19.2 Å². The number of carbonyl (C=O) groups is 1. The second-order valence-corrected chi connectivity index (χ2v) is 11.1. The first-order chi connectivity index (χ1) is 18.8. The van der Waals surface area contributed by atoms with Crippen LogP contribution in [0.2, 0.25) is 0 Å². The highest BCUT2D eigenvalue weighted by atomic mass is 32.2. The molecule has 0 fully saturated rings. The van der Waals surface area contributed by atoms with Crippen LogP contribution in [-0.2, 0) is 16.4 Å². The molecule has 8 nitrogen and oxygen atoms in total. The molecule has 2 aromatic heterocycles. The summed E-state index contributed by atoms with van der Waals surface area (Å²) in [7, 11) is -4.06. The molecule has 0 saturated heterocycles. The van der Waals surface area contributed by atoms with Crippen LogP contribution in [0.4, 0.5) is 0 Å². The molecule has 0 saturated carbocycles. The Hall–Kier alpha value is -4.21. The number of carbonyl (C=O) groups excluding carboxylic acids is 1. The van der Waals surface area contributed by atoms with Crippen molar-refractivity contribution in [2.24, 2.45) is 0 Å². The Bertz CT molecular complexity index is 1780. The van der Waals surface area contributed by atoms with Crippen molar-refractivity contribution in [3.63, 3.8) is 0 Å². The van der Waals surface area contributed by atoms with E-state index < -0.39 is 28.3 Å². The molecule has 0 aliphatic carbocycles. The summed E-state index contributed by atoms with van der Waals surface area (Å²) in [5, 5.41) is 10.5. The summed E-state index contributed by atoms with van der Waals surface area (Å²) < 4.78 is 39.1. The third kappa shape index (κ3) is 5.50. The summed E-state index contributed by atoms with van der Waals surface area (Å²) >= 11 is 0. The van der Waals surface area contributed by atoms with Gasteiger partial charge in [-0.1, -0.05) is 54.6 Å². The molecule has 0 aliphatic rings. The van der Waals surface area contributed by atoms with Gasteiger partial charge in [-0.25, -0.2) is 18.1 Å². The number of furan rings is 1. The van der Waals surface area contributed by atoms with Gasteiger partial charge in [-0.05, 0) is 43.2 Å². The third-order valence-electron chi connectivity index (χ3n) is 6.54. The number of hydrogen-bond donors (Lipinski definition) is 2. The van der Waals surface area contributed by atoms with E-state index in [-0.39, 0.29) is 5.56 Å². The number of sulfonamides is 1. The Morgan fingerprint density at radius 1 is 1.03 bits per heavy atom. The van der Waals surface area contributed by atoms with E-state index >= 15 is 0 Å². The van der Waals surface area contributed by atoms with Gasteiger partial charge >= 0.3 is 0 Å². The van der Waals surface area contributed by atoms with Crippen LogP contribution in [0.1, 0.15) is 27.0 Å². The van der Waals surface area contributed by atoms with Gasteiger partial charge in [-0.15, -0.1) is 0 Å². The summed E-state index contributed by atoms with van der Waals surface area (Å²) in [6, 6.07) is 22.6. The molecule has 1 amide bonds. The second-order valence-electron chi connectivity index (χ2n) is 9.27. The van der Waals surface area contributed by atoms with Crippen molar-refractivity contribution in [2.45, 2.75) is 20.3 Å². The van der Waals surface area contributed by atoms with Crippen molar-refractivity contribution in [3.8, 4) is 17.2 Å². The van der Waals surface area contributed by atoms with E-state index in [0.29, 0.717) is 46.7 Å². The number of pyridine rings is 1. The van der Waals surface area contributed by atoms with Crippen LogP contribution in [0.15, 0.2) is 77.2 Å². The highest BCUT2D eigenvalue weighted by Crippen LogP contribution is 2.37. The standard InChI is InChI=1S/C30H28N2O6S/c1-19-12-13-26(37-16-14-21-8-4-3-5-9-21)27-23(30(34)32-39(35,36)17-15-33)18-24(31-28(19)27)29-20(2)22-10-6-7-11-25(22)38-29/h3-13,18,33H,14-17H2,1-2H3,(H,32,34). The van der Waals surface area contributed by atoms with Gasteiger partial charge in [0.15, 0.2) is 5.76 Å². The molecule has 0 aliphatic heterocycles. The van der Waals surface area contributed by atoms with Crippen molar-refractivity contribution < 1.29 is 27.5 Å². The van der Waals surface area contributed by atoms with Crippen molar-refractivity contribution in [3.05, 3.63) is 95.1 Å². The first kappa shape index (κ1) is 26.4.